The van der Waals surface area contributed by atoms with E-state index in [0.717, 1.165) is 30.5 Å². The van der Waals surface area contributed by atoms with Crippen molar-refractivity contribution in [3.05, 3.63) is 70.8 Å². The zero-order valence-electron chi connectivity index (χ0n) is 11.8. The third-order valence-electron chi connectivity index (χ3n) is 3.45. The molecule has 0 aliphatic heterocycles. The first-order valence-corrected chi connectivity index (χ1v) is 6.93. The van der Waals surface area contributed by atoms with Gasteiger partial charge in [0.15, 0.2) is 0 Å². The van der Waals surface area contributed by atoms with Crippen LogP contribution in [0.25, 0.3) is 0 Å². The summed E-state index contributed by atoms with van der Waals surface area (Å²) in [6.45, 7) is 2.10. The number of aryl methyl sites for hydroxylation is 1. The number of halogens is 3. The summed E-state index contributed by atoms with van der Waals surface area (Å²) in [5, 5.41) is 0. The van der Waals surface area contributed by atoms with Gasteiger partial charge in [0.25, 0.3) is 0 Å². The van der Waals surface area contributed by atoms with Crippen molar-refractivity contribution >= 4 is 0 Å². The Kier molecular flexibility index (Phi) is 4.68. The summed E-state index contributed by atoms with van der Waals surface area (Å²) in [6.07, 6.45) is -2.31. The molecule has 1 nitrogen and oxygen atoms in total. The van der Waals surface area contributed by atoms with Crippen LogP contribution in [0.5, 0.6) is 0 Å². The summed E-state index contributed by atoms with van der Waals surface area (Å²) in [4.78, 5) is 0. The quantitative estimate of drug-likeness (QED) is 0.868. The zero-order chi connectivity index (χ0) is 15.5. The molecular weight excluding hydrogens is 275 g/mol. The molecule has 0 heterocycles. The van der Waals surface area contributed by atoms with Gasteiger partial charge in [-0.3, -0.25) is 0 Å². The molecule has 2 aromatic carbocycles. The van der Waals surface area contributed by atoms with Gasteiger partial charge < -0.3 is 5.73 Å². The molecule has 0 spiro atoms. The lowest BCUT2D eigenvalue weighted by Crippen LogP contribution is -2.13. The molecule has 2 N–H and O–H groups in total. The second-order valence-corrected chi connectivity index (χ2v) is 5.09. The first-order chi connectivity index (χ1) is 9.91. The molecule has 0 fully saturated rings. The van der Waals surface area contributed by atoms with E-state index in [0.29, 0.717) is 5.56 Å². The van der Waals surface area contributed by atoms with Crippen LogP contribution >= 0.6 is 0 Å². The van der Waals surface area contributed by atoms with Gasteiger partial charge in [0, 0.05) is 0 Å². The normalized spacial score (nSPS) is 13.2. The lowest BCUT2D eigenvalue weighted by Gasteiger charge is -2.15. The largest absolute Gasteiger partial charge is 0.416 e. The van der Waals surface area contributed by atoms with Gasteiger partial charge in [-0.1, -0.05) is 49.7 Å². The van der Waals surface area contributed by atoms with Crippen molar-refractivity contribution in [3.63, 3.8) is 0 Å². The SMILES string of the molecule is CCCc1cccc(C(N)c2ccc(C(F)(F)F)cc2)c1. The van der Waals surface area contributed by atoms with Crippen LogP contribution in [0.3, 0.4) is 0 Å². The first-order valence-electron chi connectivity index (χ1n) is 6.93. The Morgan fingerprint density at radius 1 is 1.00 bits per heavy atom. The highest BCUT2D eigenvalue weighted by molar-refractivity contribution is 5.35. The molecule has 4 heteroatoms. The van der Waals surface area contributed by atoms with Crippen LogP contribution in [0.4, 0.5) is 13.2 Å². The minimum Gasteiger partial charge on any atom is -0.320 e. The number of hydrogen-bond donors (Lipinski definition) is 1. The monoisotopic (exact) mass is 293 g/mol. The highest BCUT2D eigenvalue weighted by Crippen LogP contribution is 2.30. The Labute approximate surface area is 122 Å². The summed E-state index contributed by atoms with van der Waals surface area (Å²) < 4.78 is 37.7. The molecule has 21 heavy (non-hydrogen) atoms. The van der Waals surface area contributed by atoms with Gasteiger partial charge in [-0.05, 0) is 35.2 Å². The predicted molar refractivity (Wildman–Crippen MR) is 77.9 cm³/mol. The Balaban J connectivity index is 2.23. The van der Waals surface area contributed by atoms with E-state index in [2.05, 4.69) is 6.92 Å². The molecule has 0 aliphatic carbocycles. The third kappa shape index (κ3) is 3.85. The highest BCUT2D eigenvalue weighted by atomic mass is 19.4. The lowest BCUT2D eigenvalue weighted by atomic mass is 9.96. The van der Waals surface area contributed by atoms with Gasteiger partial charge in [0.2, 0.25) is 0 Å². The lowest BCUT2D eigenvalue weighted by molar-refractivity contribution is -0.137. The highest BCUT2D eigenvalue weighted by Gasteiger charge is 2.30. The average molecular weight is 293 g/mol. The van der Waals surface area contributed by atoms with Crippen LogP contribution in [0.1, 0.15) is 41.6 Å². The molecule has 2 rings (SSSR count). The fourth-order valence-electron chi connectivity index (χ4n) is 2.30. The van der Waals surface area contributed by atoms with Gasteiger partial charge in [-0.15, -0.1) is 0 Å². The van der Waals surface area contributed by atoms with Gasteiger partial charge in [-0.25, -0.2) is 0 Å². The van der Waals surface area contributed by atoms with Crippen LogP contribution in [0, 0.1) is 0 Å². The minimum atomic E-state index is -4.32. The van der Waals surface area contributed by atoms with E-state index in [4.69, 9.17) is 5.73 Å². The van der Waals surface area contributed by atoms with E-state index >= 15 is 0 Å². The van der Waals surface area contributed by atoms with E-state index in [1.165, 1.54) is 17.7 Å². The molecule has 2 aromatic rings. The predicted octanol–water partition coefficient (Wildman–Crippen LogP) is 4.71. The fourth-order valence-corrected chi connectivity index (χ4v) is 2.30. The number of benzene rings is 2. The Bertz CT molecular complexity index is 588. The van der Waals surface area contributed by atoms with E-state index in [9.17, 15) is 13.2 Å². The molecule has 1 atom stereocenters. The molecule has 0 aromatic heterocycles. The third-order valence-corrected chi connectivity index (χ3v) is 3.45. The molecule has 0 bridgehead atoms. The molecule has 0 amide bonds. The maximum atomic E-state index is 12.6. The van der Waals surface area contributed by atoms with Gasteiger partial charge >= 0.3 is 6.18 Å². The zero-order valence-corrected chi connectivity index (χ0v) is 11.8. The second kappa shape index (κ2) is 6.31. The number of nitrogens with two attached hydrogens (primary N) is 1. The standard InChI is InChI=1S/C17H18F3N/c1-2-4-12-5-3-6-14(11-12)16(21)13-7-9-15(10-8-13)17(18,19)20/h3,5-11,16H,2,4,21H2,1H3. The summed E-state index contributed by atoms with van der Waals surface area (Å²) in [5.41, 5.74) is 8.29. The van der Waals surface area contributed by atoms with Gasteiger partial charge in [0.05, 0.1) is 11.6 Å². The van der Waals surface area contributed by atoms with Crippen molar-refractivity contribution in [1.82, 2.24) is 0 Å². The topological polar surface area (TPSA) is 26.0 Å². The maximum absolute atomic E-state index is 12.6. The van der Waals surface area contributed by atoms with Crippen molar-refractivity contribution in [1.29, 1.82) is 0 Å². The van der Waals surface area contributed by atoms with E-state index in [-0.39, 0.29) is 0 Å². The summed E-state index contributed by atoms with van der Waals surface area (Å²) in [6, 6.07) is 12.5. The van der Waals surface area contributed by atoms with Crippen LogP contribution in [0.15, 0.2) is 48.5 Å². The minimum absolute atomic E-state index is 0.413. The Morgan fingerprint density at radius 2 is 1.67 bits per heavy atom. The maximum Gasteiger partial charge on any atom is 0.416 e. The van der Waals surface area contributed by atoms with Crippen molar-refractivity contribution in [2.75, 3.05) is 0 Å². The Morgan fingerprint density at radius 3 is 2.24 bits per heavy atom. The smallest absolute Gasteiger partial charge is 0.320 e. The van der Waals surface area contributed by atoms with Gasteiger partial charge in [-0.2, -0.15) is 13.2 Å². The van der Waals surface area contributed by atoms with Crippen LogP contribution < -0.4 is 5.73 Å². The summed E-state index contributed by atoms with van der Waals surface area (Å²) >= 11 is 0. The van der Waals surface area contributed by atoms with Crippen LogP contribution in [0.2, 0.25) is 0 Å². The first kappa shape index (κ1) is 15.6. The Hall–Kier alpha value is -1.81. The summed E-state index contributed by atoms with van der Waals surface area (Å²) in [7, 11) is 0. The molecule has 0 radical (unpaired) electrons. The van der Waals surface area contributed by atoms with E-state index in [1.807, 2.05) is 24.3 Å². The van der Waals surface area contributed by atoms with Crippen LogP contribution in [-0.2, 0) is 12.6 Å². The molecule has 0 saturated heterocycles. The van der Waals surface area contributed by atoms with E-state index in [1.54, 1.807) is 0 Å². The molecule has 0 aliphatic rings. The number of alkyl halides is 3. The molecule has 0 saturated carbocycles. The van der Waals surface area contributed by atoms with Crippen molar-refractivity contribution in [2.45, 2.75) is 32.0 Å². The van der Waals surface area contributed by atoms with Crippen molar-refractivity contribution in [3.8, 4) is 0 Å². The fraction of sp³-hybridized carbons (Fsp3) is 0.294. The van der Waals surface area contributed by atoms with Gasteiger partial charge in [0.1, 0.15) is 0 Å². The van der Waals surface area contributed by atoms with Crippen molar-refractivity contribution in [2.24, 2.45) is 5.73 Å². The second-order valence-electron chi connectivity index (χ2n) is 5.09. The molecule has 1 unspecified atom stereocenters. The average Bonchev–Trinajstić information content (AvgIpc) is 2.46. The molecule has 112 valence electrons. The van der Waals surface area contributed by atoms with Crippen LogP contribution in [-0.4, -0.2) is 0 Å². The number of hydrogen-bond acceptors (Lipinski definition) is 1. The van der Waals surface area contributed by atoms with E-state index < -0.39 is 17.8 Å². The summed E-state index contributed by atoms with van der Waals surface area (Å²) in [5.74, 6) is 0. The van der Waals surface area contributed by atoms with Crippen molar-refractivity contribution < 1.29 is 13.2 Å². The molecular formula is C17H18F3N. The number of rotatable bonds is 4.